The van der Waals surface area contributed by atoms with Crippen LogP contribution in [0.1, 0.15) is 62.8 Å². The lowest BCUT2D eigenvalue weighted by molar-refractivity contribution is 0.0699. The van der Waals surface area contributed by atoms with Gasteiger partial charge < -0.3 is 5.11 Å². The van der Waals surface area contributed by atoms with Crippen LogP contribution in [-0.4, -0.2) is 11.2 Å². The average molecular weight is 258 g/mol. The minimum atomic E-state index is -0.0525. The molecule has 0 heterocycles. The Labute approximate surface area is 117 Å². The predicted molar refractivity (Wildman–Crippen MR) is 79.1 cm³/mol. The minimum absolute atomic E-state index is 0.0525. The summed E-state index contributed by atoms with van der Waals surface area (Å²) in [6.07, 6.45) is 10.4. The molecular formula is C18H26O. The second-order valence-corrected chi connectivity index (χ2v) is 6.51. The monoisotopic (exact) mass is 258 g/mol. The highest BCUT2D eigenvalue weighted by Crippen LogP contribution is 2.52. The van der Waals surface area contributed by atoms with E-state index in [0.29, 0.717) is 17.8 Å². The summed E-state index contributed by atoms with van der Waals surface area (Å²) in [6, 6.07) is 10.7. The standard InChI is InChI=1S/C18H26O/c19-18(15-11-5-2-1-3-6-12-15)17-13-16(17)14-9-7-4-8-10-14/h4,7-10,15-19H,1-3,5-6,11-13H2. The normalized spacial score (nSPS) is 30.4. The summed E-state index contributed by atoms with van der Waals surface area (Å²) in [7, 11) is 0. The zero-order valence-electron chi connectivity index (χ0n) is 11.8. The fourth-order valence-electron chi connectivity index (χ4n) is 3.85. The Morgan fingerprint density at radius 3 is 2.21 bits per heavy atom. The van der Waals surface area contributed by atoms with Crippen molar-refractivity contribution in [3.05, 3.63) is 35.9 Å². The first-order chi connectivity index (χ1) is 9.36. The van der Waals surface area contributed by atoms with Crippen LogP contribution < -0.4 is 0 Å². The van der Waals surface area contributed by atoms with Gasteiger partial charge in [-0.2, -0.15) is 0 Å². The molecule has 2 aliphatic rings. The largest absolute Gasteiger partial charge is 0.393 e. The Morgan fingerprint density at radius 1 is 0.895 bits per heavy atom. The zero-order chi connectivity index (χ0) is 13.1. The Bertz CT molecular complexity index is 378. The van der Waals surface area contributed by atoms with Crippen molar-refractivity contribution >= 4 is 0 Å². The van der Waals surface area contributed by atoms with Crippen LogP contribution in [0.5, 0.6) is 0 Å². The van der Waals surface area contributed by atoms with E-state index in [2.05, 4.69) is 30.3 Å². The Hall–Kier alpha value is -0.820. The summed E-state index contributed by atoms with van der Waals surface area (Å²) in [4.78, 5) is 0. The number of aliphatic hydroxyl groups is 1. The molecule has 0 bridgehead atoms. The highest BCUT2D eigenvalue weighted by molar-refractivity contribution is 5.26. The third-order valence-corrected chi connectivity index (χ3v) is 5.14. The van der Waals surface area contributed by atoms with E-state index < -0.39 is 0 Å². The minimum Gasteiger partial charge on any atom is -0.393 e. The molecule has 1 aromatic rings. The van der Waals surface area contributed by atoms with Gasteiger partial charge in [0.15, 0.2) is 0 Å². The first kappa shape index (κ1) is 13.2. The van der Waals surface area contributed by atoms with E-state index >= 15 is 0 Å². The third kappa shape index (κ3) is 3.20. The number of rotatable bonds is 3. The molecule has 19 heavy (non-hydrogen) atoms. The highest BCUT2D eigenvalue weighted by Gasteiger charge is 2.45. The molecule has 1 aromatic carbocycles. The van der Waals surface area contributed by atoms with Gasteiger partial charge in [-0.3, -0.25) is 0 Å². The van der Waals surface area contributed by atoms with E-state index in [1.165, 1.54) is 56.9 Å². The van der Waals surface area contributed by atoms with Crippen LogP contribution >= 0.6 is 0 Å². The molecule has 1 nitrogen and oxygen atoms in total. The van der Waals surface area contributed by atoms with E-state index in [9.17, 15) is 5.11 Å². The van der Waals surface area contributed by atoms with Crippen LogP contribution in [-0.2, 0) is 0 Å². The molecule has 0 aromatic heterocycles. The van der Waals surface area contributed by atoms with Crippen molar-refractivity contribution in [2.45, 2.75) is 63.4 Å². The number of benzene rings is 1. The van der Waals surface area contributed by atoms with E-state index in [-0.39, 0.29) is 6.10 Å². The highest BCUT2D eigenvalue weighted by atomic mass is 16.3. The third-order valence-electron chi connectivity index (χ3n) is 5.14. The molecule has 1 N–H and O–H groups in total. The molecular weight excluding hydrogens is 232 g/mol. The van der Waals surface area contributed by atoms with Crippen LogP contribution in [0.2, 0.25) is 0 Å². The summed E-state index contributed by atoms with van der Waals surface area (Å²) in [5, 5.41) is 10.7. The molecule has 0 spiro atoms. The topological polar surface area (TPSA) is 20.2 Å². The first-order valence-corrected chi connectivity index (χ1v) is 8.09. The molecule has 0 radical (unpaired) electrons. The summed E-state index contributed by atoms with van der Waals surface area (Å²) < 4.78 is 0. The molecule has 0 aliphatic heterocycles. The second-order valence-electron chi connectivity index (χ2n) is 6.51. The Morgan fingerprint density at radius 2 is 1.53 bits per heavy atom. The average Bonchev–Trinajstić information content (AvgIpc) is 3.19. The maximum absolute atomic E-state index is 10.7. The molecule has 2 aliphatic carbocycles. The van der Waals surface area contributed by atoms with Gasteiger partial charge in [0, 0.05) is 0 Å². The quantitative estimate of drug-likeness (QED) is 0.845. The molecule has 2 saturated carbocycles. The molecule has 2 fully saturated rings. The van der Waals surface area contributed by atoms with Crippen molar-refractivity contribution in [1.82, 2.24) is 0 Å². The van der Waals surface area contributed by atoms with E-state index in [4.69, 9.17) is 0 Å². The number of hydrogen-bond acceptors (Lipinski definition) is 1. The summed E-state index contributed by atoms with van der Waals surface area (Å²) in [6.45, 7) is 0. The second kappa shape index (κ2) is 6.09. The van der Waals surface area contributed by atoms with Gasteiger partial charge in [-0.15, -0.1) is 0 Å². The van der Waals surface area contributed by atoms with Gasteiger partial charge in [-0.1, -0.05) is 62.4 Å². The number of aliphatic hydroxyl groups excluding tert-OH is 1. The Kier molecular flexibility index (Phi) is 4.22. The van der Waals surface area contributed by atoms with E-state index in [0.717, 1.165) is 0 Å². The van der Waals surface area contributed by atoms with E-state index in [1.54, 1.807) is 0 Å². The van der Waals surface area contributed by atoms with Gasteiger partial charge >= 0.3 is 0 Å². The van der Waals surface area contributed by atoms with Gasteiger partial charge in [-0.05, 0) is 42.6 Å². The summed E-state index contributed by atoms with van der Waals surface area (Å²) in [5.74, 6) is 1.73. The van der Waals surface area contributed by atoms with Crippen molar-refractivity contribution in [3.63, 3.8) is 0 Å². The van der Waals surface area contributed by atoms with Gasteiger partial charge in [0.1, 0.15) is 0 Å². The van der Waals surface area contributed by atoms with Crippen LogP contribution in [0.15, 0.2) is 30.3 Å². The zero-order valence-corrected chi connectivity index (χ0v) is 11.8. The van der Waals surface area contributed by atoms with Gasteiger partial charge in [0.25, 0.3) is 0 Å². The fraction of sp³-hybridized carbons (Fsp3) is 0.667. The lowest BCUT2D eigenvalue weighted by Crippen LogP contribution is -2.24. The smallest absolute Gasteiger partial charge is 0.0602 e. The van der Waals surface area contributed by atoms with Crippen LogP contribution in [0, 0.1) is 11.8 Å². The van der Waals surface area contributed by atoms with Gasteiger partial charge in [-0.25, -0.2) is 0 Å². The molecule has 3 rings (SSSR count). The lowest BCUT2D eigenvalue weighted by atomic mass is 9.85. The fourth-order valence-corrected chi connectivity index (χ4v) is 3.85. The van der Waals surface area contributed by atoms with Gasteiger partial charge in [0.05, 0.1) is 6.10 Å². The molecule has 1 heteroatoms. The van der Waals surface area contributed by atoms with Crippen molar-refractivity contribution in [3.8, 4) is 0 Å². The number of hydrogen-bond donors (Lipinski definition) is 1. The van der Waals surface area contributed by atoms with Crippen LogP contribution in [0.3, 0.4) is 0 Å². The van der Waals surface area contributed by atoms with Crippen molar-refractivity contribution in [1.29, 1.82) is 0 Å². The summed E-state index contributed by atoms with van der Waals surface area (Å²) in [5.41, 5.74) is 1.43. The summed E-state index contributed by atoms with van der Waals surface area (Å²) >= 11 is 0. The maximum Gasteiger partial charge on any atom is 0.0602 e. The van der Waals surface area contributed by atoms with Crippen LogP contribution in [0.4, 0.5) is 0 Å². The molecule has 3 unspecified atom stereocenters. The van der Waals surface area contributed by atoms with Crippen LogP contribution in [0.25, 0.3) is 0 Å². The molecule has 104 valence electrons. The Balaban J connectivity index is 1.57. The van der Waals surface area contributed by atoms with Gasteiger partial charge in [0.2, 0.25) is 0 Å². The van der Waals surface area contributed by atoms with E-state index in [1.807, 2.05) is 0 Å². The molecule has 0 saturated heterocycles. The SMILES string of the molecule is OC(C1CCCCCCC1)C1CC1c1ccccc1. The maximum atomic E-state index is 10.7. The first-order valence-electron chi connectivity index (χ1n) is 8.09. The predicted octanol–water partition coefficient (Wildman–Crippen LogP) is 4.51. The lowest BCUT2D eigenvalue weighted by Gasteiger charge is -2.25. The van der Waals surface area contributed by atoms with Crippen molar-refractivity contribution < 1.29 is 5.11 Å². The van der Waals surface area contributed by atoms with Crippen molar-refractivity contribution in [2.75, 3.05) is 0 Å². The molecule has 3 atom stereocenters. The van der Waals surface area contributed by atoms with Crippen molar-refractivity contribution in [2.24, 2.45) is 11.8 Å². The molecule has 0 amide bonds.